The van der Waals surface area contributed by atoms with Crippen molar-refractivity contribution in [2.24, 2.45) is 5.73 Å². The summed E-state index contributed by atoms with van der Waals surface area (Å²) in [6.07, 6.45) is 24.6. The third-order valence-corrected chi connectivity index (χ3v) is 8.34. The summed E-state index contributed by atoms with van der Waals surface area (Å²) >= 11 is 0. The van der Waals surface area contributed by atoms with Crippen molar-refractivity contribution in [3.63, 3.8) is 0 Å². The third-order valence-electron chi connectivity index (χ3n) is 7.39. The lowest BCUT2D eigenvalue weighted by Gasteiger charge is -2.20. The minimum Gasteiger partial charge on any atom is -0.480 e. The number of nitrogens with two attached hydrogens (primary N) is 1. The molecule has 0 rings (SSSR count). The second-order valence-corrected chi connectivity index (χ2v) is 13.1. The zero-order valence-electron chi connectivity index (χ0n) is 27.3. The predicted molar refractivity (Wildman–Crippen MR) is 171 cm³/mol. The van der Waals surface area contributed by atoms with Crippen molar-refractivity contribution in [1.82, 2.24) is 0 Å². The maximum Gasteiger partial charge on any atom is 0.472 e. The van der Waals surface area contributed by atoms with Gasteiger partial charge in [0.1, 0.15) is 12.1 Å². The summed E-state index contributed by atoms with van der Waals surface area (Å²) in [6, 6.07) is -1.46. The molecule has 0 fully saturated rings. The smallest absolute Gasteiger partial charge is 0.472 e. The molecule has 256 valence electrons. The van der Waals surface area contributed by atoms with E-state index in [1.54, 1.807) is 0 Å². The fourth-order valence-corrected chi connectivity index (χ4v) is 5.44. The van der Waals surface area contributed by atoms with Crippen LogP contribution >= 0.6 is 7.82 Å². The molecular weight excluding hydrogens is 573 g/mol. The van der Waals surface area contributed by atoms with Gasteiger partial charge in [-0.3, -0.25) is 18.6 Å². The molecule has 0 aromatic rings. The van der Waals surface area contributed by atoms with E-state index >= 15 is 0 Å². The Hall–Kier alpha value is -1.03. The second kappa shape index (κ2) is 29.7. The van der Waals surface area contributed by atoms with Gasteiger partial charge >= 0.3 is 19.8 Å². The Balaban J connectivity index is 4.25. The van der Waals surface area contributed by atoms with Gasteiger partial charge in [-0.2, -0.15) is 0 Å². The van der Waals surface area contributed by atoms with Gasteiger partial charge in [-0.15, -0.1) is 0 Å². The second-order valence-electron chi connectivity index (χ2n) is 11.7. The normalized spacial score (nSPS) is 14.3. The molecule has 0 radical (unpaired) electrons. The molecule has 0 amide bonds. The minimum atomic E-state index is -4.59. The number of rotatable bonds is 33. The van der Waals surface area contributed by atoms with Crippen molar-refractivity contribution in [3.05, 3.63) is 0 Å². The van der Waals surface area contributed by atoms with E-state index in [-0.39, 0.29) is 13.0 Å². The number of carbonyl (C=O) groups excluding carboxylic acids is 1. The molecule has 0 aromatic carbocycles. The molecule has 0 bridgehead atoms. The molecule has 0 aliphatic carbocycles. The van der Waals surface area contributed by atoms with Gasteiger partial charge in [-0.05, 0) is 12.8 Å². The van der Waals surface area contributed by atoms with Gasteiger partial charge in [0.15, 0.2) is 0 Å². The average molecular weight is 638 g/mol. The summed E-state index contributed by atoms with van der Waals surface area (Å²) in [6.45, 7) is 3.83. The molecule has 10 nitrogen and oxygen atoms in total. The quantitative estimate of drug-likeness (QED) is 0.0365. The highest BCUT2D eigenvalue weighted by atomic mass is 31.2. The first-order valence-electron chi connectivity index (χ1n) is 17.1. The summed E-state index contributed by atoms with van der Waals surface area (Å²) < 4.78 is 33.0. The molecule has 43 heavy (non-hydrogen) atoms. The van der Waals surface area contributed by atoms with Crippen molar-refractivity contribution in [1.29, 1.82) is 0 Å². The van der Waals surface area contributed by atoms with E-state index in [0.29, 0.717) is 13.0 Å². The van der Waals surface area contributed by atoms with Crippen LogP contribution in [0, 0.1) is 0 Å². The number of carboxylic acids is 1. The maximum atomic E-state index is 12.4. The largest absolute Gasteiger partial charge is 0.480 e. The average Bonchev–Trinajstić information content (AvgIpc) is 2.97. The molecule has 0 saturated heterocycles. The van der Waals surface area contributed by atoms with Crippen molar-refractivity contribution < 1.29 is 42.7 Å². The Morgan fingerprint density at radius 2 is 1.07 bits per heavy atom. The van der Waals surface area contributed by atoms with Gasteiger partial charge in [0, 0.05) is 13.0 Å². The molecule has 3 unspecified atom stereocenters. The van der Waals surface area contributed by atoms with Gasteiger partial charge in [0.25, 0.3) is 0 Å². The SMILES string of the molecule is CCCCCCCCCCCCCCCCOCC(COP(=O)(O)OCC(N)C(=O)O)OC(=O)CCCCCCCCC. The Bertz CT molecular complexity index is 710. The summed E-state index contributed by atoms with van der Waals surface area (Å²) in [5.41, 5.74) is 5.31. The molecule has 0 saturated carbocycles. The summed E-state index contributed by atoms with van der Waals surface area (Å²) in [5, 5.41) is 8.82. The summed E-state index contributed by atoms with van der Waals surface area (Å²) in [4.78, 5) is 33.1. The number of unbranched alkanes of at least 4 members (excludes halogenated alkanes) is 19. The lowest BCUT2D eigenvalue weighted by molar-refractivity contribution is -0.154. The zero-order valence-corrected chi connectivity index (χ0v) is 28.2. The topological polar surface area (TPSA) is 155 Å². The van der Waals surface area contributed by atoms with Gasteiger partial charge < -0.3 is 25.2 Å². The zero-order chi connectivity index (χ0) is 32.0. The van der Waals surface area contributed by atoms with Crippen LogP contribution in [-0.2, 0) is 32.7 Å². The molecule has 0 aliphatic rings. The fraction of sp³-hybridized carbons (Fsp3) is 0.938. The summed E-state index contributed by atoms with van der Waals surface area (Å²) in [5.74, 6) is -1.78. The van der Waals surface area contributed by atoms with E-state index in [9.17, 15) is 19.0 Å². The number of phosphoric acid groups is 1. The minimum absolute atomic E-state index is 0.0237. The summed E-state index contributed by atoms with van der Waals surface area (Å²) in [7, 11) is -4.59. The highest BCUT2D eigenvalue weighted by Crippen LogP contribution is 2.43. The van der Waals surface area contributed by atoms with Crippen molar-refractivity contribution in [2.45, 2.75) is 167 Å². The van der Waals surface area contributed by atoms with Gasteiger partial charge in [-0.25, -0.2) is 4.57 Å². The first-order chi connectivity index (χ1) is 20.7. The number of aliphatic carboxylic acids is 1. The van der Waals surface area contributed by atoms with Crippen LogP contribution in [0.4, 0.5) is 0 Å². The van der Waals surface area contributed by atoms with Crippen LogP contribution in [0.25, 0.3) is 0 Å². The van der Waals surface area contributed by atoms with E-state index in [1.807, 2.05) is 0 Å². The van der Waals surface area contributed by atoms with Crippen LogP contribution in [-0.4, -0.2) is 60.5 Å². The Morgan fingerprint density at radius 1 is 0.651 bits per heavy atom. The molecule has 0 spiro atoms. The van der Waals surface area contributed by atoms with Crippen LogP contribution < -0.4 is 5.73 Å². The standard InChI is InChI=1S/C32H64NO9P/c1-3-5-7-9-11-12-13-14-15-16-17-19-21-23-25-39-26-29(27-40-43(37,38)41-28-30(33)32(35)36)42-31(34)24-22-20-18-10-8-6-4-2/h29-30H,3-28,33H2,1-2H3,(H,35,36)(H,37,38). The Labute approximate surface area is 261 Å². The maximum absolute atomic E-state index is 12.4. The lowest BCUT2D eigenvalue weighted by atomic mass is 10.0. The molecule has 3 atom stereocenters. The molecule has 4 N–H and O–H groups in total. The van der Waals surface area contributed by atoms with Gasteiger partial charge in [0.05, 0.1) is 19.8 Å². The molecule has 11 heteroatoms. The van der Waals surface area contributed by atoms with E-state index in [2.05, 4.69) is 18.4 Å². The monoisotopic (exact) mass is 637 g/mol. The lowest BCUT2D eigenvalue weighted by Crippen LogP contribution is -2.34. The Morgan fingerprint density at radius 3 is 1.53 bits per heavy atom. The van der Waals surface area contributed by atoms with Crippen molar-refractivity contribution >= 4 is 19.8 Å². The first-order valence-corrected chi connectivity index (χ1v) is 18.6. The van der Waals surface area contributed by atoms with E-state index in [4.69, 9.17) is 24.8 Å². The Kier molecular flexibility index (Phi) is 29.0. The first kappa shape index (κ1) is 42.0. The number of esters is 1. The predicted octanol–water partition coefficient (Wildman–Crippen LogP) is 8.08. The number of carbonyl (C=O) groups is 2. The van der Waals surface area contributed by atoms with Gasteiger partial charge in [0.2, 0.25) is 0 Å². The molecule has 0 aromatic heterocycles. The number of carboxylic acid groups (broad SMARTS) is 1. The number of hydrogen-bond donors (Lipinski definition) is 3. The van der Waals surface area contributed by atoms with E-state index in [1.165, 1.54) is 89.9 Å². The highest BCUT2D eigenvalue weighted by Gasteiger charge is 2.27. The van der Waals surface area contributed by atoms with Crippen molar-refractivity contribution in [3.8, 4) is 0 Å². The van der Waals surface area contributed by atoms with Crippen LogP contribution in [0.5, 0.6) is 0 Å². The molecular formula is C32H64NO9P. The van der Waals surface area contributed by atoms with Crippen LogP contribution in [0.2, 0.25) is 0 Å². The number of hydrogen-bond acceptors (Lipinski definition) is 8. The van der Waals surface area contributed by atoms with E-state index in [0.717, 1.165) is 38.5 Å². The van der Waals surface area contributed by atoms with Crippen molar-refractivity contribution in [2.75, 3.05) is 26.4 Å². The third kappa shape index (κ3) is 29.4. The van der Waals surface area contributed by atoms with Crippen LogP contribution in [0.15, 0.2) is 0 Å². The number of phosphoric ester groups is 1. The fourth-order valence-electron chi connectivity index (χ4n) is 4.66. The van der Waals surface area contributed by atoms with Crippen LogP contribution in [0.1, 0.15) is 155 Å². The van der Waals surface area contributed by atoms with E-state index < -0.39 is 45.1 Å². The van der Waals surface area contributed by atoms with Gasteiger partial charge in [-0.1, -0.05) is 136 Å². The molecule has 0 heterocycles. The number of ether oxygens (including phenoxy) is 2. The van der Waals surface area contributed by atoms with Crippen LogP contribution in [0.3, 0.4) is 0 Å². The molecule has 0 aliphatic heterocycles. The highest BCUT2D eigenvalue weighted by molar-refractivity contribution is 7.47.